The van der Waals surface area contributed by atoms with Crippen molar-refractivity contribution in [1.82, 2.24) is 4.57 Å². The fourth-order valence-corrected chi connectivity index (χ4v) is 8.76. The quantitative estimate of drug-likeness (QED) is 0.181. The van der Waals surface area contributed by atoms with Gasteiger partial charge in [0.25, 0.3) is 0 Å². The van der Waals surface area contributed by atoms with E-state index in [-0.39, 0.29) is 0 Å². The Kier molecular flexibility index (Phi) is 6.39. The molecule has 49 heavy (non-hydrogen) atoms. The molecule has 0 saturated heterocycles. The van der Waals surface area contributed by atoms with Gasteiger partial charge < -0.3 is 9.47 Å². The van der Waals surface area contributed by atoms with Crippen molar-refractivity contribution in [3.05, 3.63) is 182 Å². The van der Waals surface area contributed by atoms with Gasteiger partial charge in [0.15, 0.2) is 0 Å². The number of anilines is 3. The summed E-state index contributed by atoms with van der Waals surface area (Å²) >= 11 is 1.89. The van der Waals surface area contributed by atoms with Crippen LogP contribution in [0.15, 0.2) is 182 Å². The number of benzene rings is 8. The van der Waals surface area contributed by atoms with Gasteiger partial charge in [-0.3, -0.25) is 0 Å². The Morgan fingerprint density at radius 2 is 0.939 bits per heavy atom. The van der Waals surface area contributed by atoms with Crippen molar-refractivity contribution in [2.75, 3.05) is 4.90 Å². The van der Waals surface area contributed by atoms with Crippen LogP contribution in [0, 0.1) is 0 Å². The maximum Gasteiger partial charge on any atom is 0.0619 e. The lowest BCUT2D eigenvalue weighted by molar-refractivity contribution is 1.18. The number of nitrogens with zero attached hydrogens (tertiary/aromatic N) is 2. The predicted molar refractivity (Wildman–Crippen MR) is 211 cm³/mol. The van der Waals surface area contributed by atoms with Crippen LogP contribution in [-0.2, 0) is 0 Å². The molecule has 0 radical (unpaired) electrons. The van der Waals surface area contributed by atoms with E-state index in [4.69, 9.17) is 0 Å². The number of fused-ring (bicyclic) bond motifs is 9. The first-order valence-corrected chi connectivity index (χ1v) is 17.5. The molecule has 230 valence electrons. The molecule has 0 aliphatic rings. The zero-order valence-electron chi connectivity index (χ0n) is 26.6. The number of para-hydroxylation sites is 2. The molecule has 0 unspecified atom stereocenters. The summed E-state index contributed by atoms with van der Waals surface area (Å²) in [5, 5.41) is 7.70. The van der Waals surface area contributed by atoms with Gasteiger partial charge in [0.2, 0.25) is 0 Å². The number of hydrogen-bond donors (Lipinski definition) is 0. The van der Waals surface area contributed by atoms with Crippen LogP contribution in [-0.4, -0.2) is 4.57 Å². The van der Waals surface area contributed by atoms with Crippen molar-refractivity contribution in [2.24, 2.45) is 0 Å². The van der Waals surface area contributed by atoms with Gasteiger partial charge in [0, 0.05) is 64.5 Å². The normalized spacial score (nSPS) is 11.7. The highest BCUT2D eigenvalue weighted by Crippen LogP contribution is 2.45. The second kappa shape index (κ2) is 11.2. The van der Waals surface area contributed by atoms with E-state index in [1.165, 1.54) is 63.9 Å². The molecule has 2 nitrogen and oxygen atoms in total. The van der Waals surface area contributed by atoms with Gasteiger partial charge in [-0.25, -0.2) is 0 Å². The predicted octanol–water partition coefficient (Wildman–Crippen LogP) is 13.4. The molecule has 3 heteroatoms. The van der Waals surface area contributed by atoms with Crippen LogP contribution < -0.4 is 4.90 Å². The van der Waals surface area contributed by atoms with Crippen molar-refractivity contribution < 1.29 is 0 Å². The minimum Gasteiger partial charge on any atom is -0.310 e. The van der Waals surface area contributed by atoms with E-state index in [0.717, 1.165) is 22.7 Å². The third-order valence-corrected chi connectivity index (χ3v) is 11.0. The molecular formula is C46H30N2S. The third kappa shape index (κ3) is 4.47. The van der Waals surface area contributed by atoms with Gasteiger partial charge in [-0.05, 0) is 71.8 Å². The van der Waals surface area contributed by atoms with E-state index in [9.17, 15) is 0 Å². The highest BCUT2D eigenvalue weighted by atomic mass is 32.1. The van der Waals surface area contributed by atoms with Crippen molar-refractivity contribution in [3.8, 4) is 16.8 Å². The molecule has 0 saturated carbocycles. The average Bonchev–Trinajstić information content (AvgIpc) is 3.72. The van der Waals surface area contributed by atoms with Crippen molar-refractivity contribution in [3.63, 3.8) is 0 Å². The van der Waals surface area contributed by atoms with Gasteiger partial charge >= 0.3 is 0 Å². The van der Waals surface area contributed by atoms with Gasteiger partial charge in [-0.1, -0.05) is 121 Å². The van der Waals surface area contributed by atoms with E-state index in [2.05, 4.69) is 191 Å². The van der Waals surface area contributed by atoms with E-state index >= 15 is 0 Å². The largest absolute Gasteiger partial charge is 0.310 e. The van der Waals surface area contributed by atoms with Gasteiger partial charge in [0.05, 0.1) is 11.0 Å². The molecule has 10 rings (SSSR count). The minimum absolute atomic E-state index is 1.13. The monoisotopic (exact) mass is 642 g/mol. The van der Waals surface area contributed by atoms with Crippen molar-refractivity contribution in [1.29, 1.82) is 0 Å². The standard InChI is InChI=1S/C46H30N2S/c1-4-12-31(13-5-1)32-20-22-35(23-21-32)48-43-29-24-36(47(33-14-6-2-7-15-33)34-16-8-3-9-17-34)30-42(43)39-26-28-41-38(45(39)48)25-27-40-37-18-10-11-19-44(37)49-46(40)41/h1-30H. The Bertz CT molecular complexity index is 2760. The van der Waals surface area contributed by atoms with Crippen molar-refractivity contribution in [2.45, 2.75) is 0 Å². The molecule has 0 atom stereocenters. The fraction of sp³-hybridized carbons (Fsp3) is 0. The fourth-order valence-electron chi connectivity index (χ4n) is 7.53. The second-order valence-corrected chi connectivity index (χ2v) is 13.6. The van der Waals surface area contributed by atoms with Gasteiger partial charge in [-0.2, -0.15) is 0 Å². The molecule has 0 spiro atoms. The third-order valence-electron chi connectivity index (χ3n) is 9.77. The lowest BCUT2D eigenvalue weighted by Gasteiger charge is -2.25. The summed E-state index contributed by atoms with van der Waals surface area (Å²) in [4.78, 5) is 2.35. The number of hydrogen-bond acceptors (Lipinski definition) is 2. The Morgan fingerprint density at radius 1 is 0.388 bits per heavy atom. The van der Waals surface area contributed by atoms with Gasteiger partial charge in [-0.15, -0.1) is 11.3 Å². The Labute approximate surface area is 288 Å². The van der Waals surface area contributed by atoms with Crippen LogP contribution >= 0.6 is 11.3 Å². The Morgan fingerprint density at radius 3 is 1.63 bits per heavy atom. The van der Waals surface area contributed by atoms with Crippen molar-refractivity contribution >= 4 is 81.1 Å². The maximum absolute atomic E-state index is 2.47. The first-order valence-electron chi connectivity index (χ1n) is 16.7. The zero-order valence-corrected chi connectivity index (χ0v) is 27.4. The molecule has 0 bridgehead atoms. The zero-order chi connectivity index (χ0) is 32.3. The molecule has 8 aromatic carbocycles. The number of thiophene rings is 1. The topological polar surface area (TPSA) is 8.17 Å². The van der Waals surface area contributed by atoms with E-state index in [1.54, 1.807) is 0 Å². The minimum atomic E-state index is 1.13. The van der Waals surface area contributed by atoms with E-state index < -0.39 is 0 Å². The Hall–Kier alpha value is -6.16. The summed E-state index contributed by atoms with van der Waals surface area (Å²) in [6, 6.07) is 66.0. The molecule has 10 aromatic rings. The molecule has 0 aliphatic heterocycles. The van der Waals surface area contributed by atoms with Crippen LogP contribution in [0.5, 0.6) is 0 Å². The molecular weight excluding hydrogens is 613 g/mol. The second-order valence-electron chi connectivity index (χ2n) is 12.6. The molecule has 2 aromatic heterocycles. The highest BCUT2D eigenvalue weighted by Gasteiger charge is 2.20. The number of aromatic nitrogens is 1. The molecule has 2 heterocycles. The first-order chi connectivity index (χ1) is 24.3. The van der Waals surface area contributed by atoms with Crippen LogP contribution in [0.4, 0.5) is 17.1 Å². The lowest BCUT2D eigenvalue weighted by Crippen LogP contribution is -2.09. The number of rotatable bonds is 5. The summed E-state index contributed by atoms with van der Waals surface area (Å²) in [5.74, 6) is 0. The van der Waals surface area contributed by atoms with Crippen LogP contribution in [0.2, 0.25) is 0 Å². The van der Waals surface area contributed by atoms with E-state index in [0.29, 0.717) is 0 Å². The SMILES string of the molecule is c1ccc(-c2ccc(-n3c4ccc(N(c5ccccc5)c5ccccc5)cc4c4ccc5c(ccc6c7ccccc7sc65)c43)cc2)cc1. The summed E-state index contributed by atoms with van der Waals surface area (Å²) in [7, 11) is 0. The lowest BCUT2D eigenvalue weighted by atomic mass is 10.0. The molecule has 0 fully saturated rings. The smallest absolute Gasteiger partial charge is 0.0619 e. The highest BCUT2D eigenvalue weighted by molar-refractivity contribution is 7.26. The summed E-state index contributed by atoms with van der Waals surface area (Å²) < 4.78 is 5.14. The van der Waals surface area contributed by atoms with Gasteiger partial charge in [0.1, 0.15) is 0 Å². The maximum atomic E-state index is 2.47. The Balaban J connectivity index is 1.26. The van der Waals surface area contributed by atoms with Crippen LogP contribution in [0.3, 0.4) is 0 Å². The average molecular weight is 643 g/mol. The summed E-state index contributed by atoms with van der Waals surface area (Å²) in [6.45, 7) is 0. The molecule has 0 N–H and O–H groups in total. The summed E-state index contributed by atoms with van der Waals surface area (Å²) in [5.41, 5.74) is 9.41. The molecule has 0 amide bonds. The molecule has 0 aliphatic carbocycles. The van der Waals surface area contributed by atoms with E-state index in [1.807, 2.05) is 11.3 Å². The first kappa shape index (κ1) is 27.9. The summed E-state index contributed by atoms with van der Waals surface area (Å²) in [6.07, 6.45) is 0. The van der Waals surface area contributed by atoms with Crippen LogP contribution in [0.1, 0.15) is 0 Å². The van der Waals surface area contributed by atoms with Crippen LogP contribution in [0.25, 0.3) is 69.6 Å².